The fourth-order valence-electron chi connectivity index (χ4n) is 2.23. The van der Waals surface area contributed by atoms with Gasteiger partial charge in [-0.15, -0.1) is 0 Å². The summed E-state index contributed by atoms with van der Waals surface area (Å²) in [4.78, 5) is 0. The molecule has 0 aromatic heterocycles. The lowest BCUT2D eigenvalue weighted by atomic mass is 9.96. The lowest BCUT2D eigenvalue weighted by molar-refractivity contribution is 0.347. The summed E-state index contributed by atoms with van der Waals surface area (Å²) in [6.45, 7) is 1.69. The highest BCUT2D eigenvalue weighted by Gasteiger charge is 2.27. The molecule has 1 aliphatic heterocycles. The van der Waals surface area contributed by atoms with Gasteiger partial charge in [-0.3, -0.25) is 0 Å². The van der Waals surface area contributed by atoms with Gasteiger partial charge in [-0.2, -0.15) is 0 Å². The average molecular weight is 260 g/mol. The third kappa shape index (κ3) is 2.19. The van der Waals surface area contributed by atoms with Gasteiger partial charge in [0.05, 0.1) is 19.2 Å². The summed E-state index contributed by atoms with van der Waals surface area (Å²) < 4.78 is 24.1. The van der Waals surface area contributed by atoms with E-state index in [0.29, 0.717) is 17.1 Å². The van der Waals surface area contributed by atoms with Gasteiger partial charge in [-0.25, -0.2) is 4.39 Å². The normalized spacial score (nSPS) is 19.4. The topological polar surface area (TPSA) is 30.5 Å². The van der Waals surface area contributed by atoms with Crippen molar-refractivity contribution in [2.75, 3.05) is 27.3 Å². The Morgan fingerprint density at radius 1 is 1.41 bits per heavy atom. The molecule has 2 rings (SSSR count). The minimum Gasteiger partial charge on any atom is -0.493 e. The van der Waals surface area contributed by atoms with Gasteiger partial charge in [0, 0.05) is 24.1 Å². The number of nitrogens with one attached hydrogen (secondary N) is 1. The highest BCUT2D eigenvalue weighted by atomic mass is 35.5. The van der Waals surface area contributed by atoms with E-state index in [1.165, 1.54) is 20.3 Å². The number of benzene rings is 1. The van der Waals surface area contributed by atoms with Crippen LogP contribution in [0.2, 0.25) is 5.02 Å². The minimum atomic E-state index is -0.466. The molecular weight excluding hydrogens is 245 g/mol. The van der Waals surface area contributed by atoms with Crippen LogP contribution >= 0.6 is 11.6 Å². The van der Waals surface area contributed by atoms with Gasteiger partial charge in [0.25, 0.3) is 0 Å². The zero-order valence-corrected chi connectivity index (χ0v) is 10.6. The standard InChI is InChI=1S/C12H15ClFNO2/c1-16-9-5-8(14)11(13)10(12(9)17-2)7-3-4-15-6-7/h5,7,15H,3-4,6H2,1-2H3. The molecule has 1 fully saturated rings. The molecule has 0 aliphatic carbocycles. The maximum absolute atomic E-state index is 13.7. The molecule has 0 bridgehead atoms. The van der Waals surface area contributed by atoms with Crippen LogP contribution < -0.4 is 14.8 Å². The lowest BCUT2D eigenvalue weighted by Gasteiger charge is -2.18. The SMILES string of the molecule is COc1cc(F)c(Cl)c(C2CCNC2)c1OC. The number of halogens is 2. The number of methoxy groups -OCH3 is 2. The van der Waals surface area contributed by atoms with Crippen LogP contribution in [-0.2, 0) is 0 Å². The van der Waals surface area contributed by atoms with Crippen molar-refractivity contribution in [1.82, 2.24) is 5.32 Å². The first-order valence-corrected chi connectivity index (χ1v) is 5.87. The third-order valence-corrected chi connectivity index (χ3v) is 3.45. The van der Waals surface area contributed by atoms with E-state index < -0.39 is 5.82 Å². The van der Waals surface area contributed by atoms with Crippen molar-refractivity contribution in [3.8, 4) is 11.5 Å². The lowest BCUT2D eigenvalue weighted by Crippen LogP contribution is -2.10. The van der Waals surface area contributed by atoms with E-state index in [1.807, 2.05) is 0 Å². The van der Waals surface area contributed by atoms with Gasteiger partial charge >= 0.3 is 0 Å². The minimum absolute atomic E-state index is 0.136. The molecule has 17 heavy (non-hydrogen) atoms. The van der Waals surface area contributed by atoms with E-state index in [9.17, 15) is 4.39 Å². The van der Waals surface area contributed by atoms with Crippen molar-refractivity contribution < 1.29 is 13.9 Å². The van der Waals surface area contributed by atoms with Crippen LogP contribution in [0.1, 0.15) is 17.9 Å². The van der Waals surface area contributed by atoms with Crippen LogP contribution in [0, 0.1) is 5.82 Å². The molecule has 1 aromatic carbocycles. The van der Waals surface area contributed by atoms with Crippen LogP contribution in [0.4, 0.5) is 4.39 Å². The Kier molecular flexibility index (Phi) is 3.74. The van der Waals surface area contributed by atoms with Crippen molar-refractivity contribution in [3.63, 3.8) is 0 Å². The molecule has 1 saturated heterocycles. The Bertz CT molecular complexity index is 419. The molecule has 0 radical (unpaired) electrons. The zero-order valence-electron chi connectivity index (χ0n) is 9.85. The van der Waals surface area contributed by atoms with Gasteiger partial charge in [-0.1, -0.05) is 11.6 Å². The van der Waals surface area contributed by atoms with E-state index in [4.69, 9.17) is 21.1 Å². The summed E-state index contributed by atoms with van der Waals surface area (Å²) in [5.41, 5.74) is 0.705. The Morgan fingerprint density at radius 3 is 2.71 bits per heavy atom. The molecule has 0 amide bonds. The number of hydrogen-bond acceptors (Lipinski definition) is 3. The van der Waals surface area contributed by atoms with Crippen LogP contribution in [0.5, 0.6) is 11.5 Å². The highest BCUT2D eigenvalue weighted by Crippen LogP contribution is 2.43. The molecule has 0 saturated carbocycles. The molecule has 3 nitrogen and oxygen atoms in total. The predicted molar refractivity (Wildman–Crippen MR) is 64.7 cm³/mol. The van der Waals surface area contributed by atoms with E-state index >= 15 is 0 Å². The van der Waals surface area contributed by atoms with Gasteiger partial charge in [0.1, 0.15) is 5.82 Å². The van der Waals surface area contributed by atoms with Crippen molar-refractivity contribution in [1.29, 1.82) is 0 Å². The predicted octanol–water partition coefficient (Wildman–Crippen LogP) is 2.57. The molecule has 1 aromatic rings. The molecule has 5 heteroatoms. The van der Waals surface area contributed by atoms with Crippen LogP contribution in [-0.4, -0.2) is 27.3 Å². The molecule has 1 N–H and O–H groups in total. The number of hydrogen-bond donors (Lipinski definition) is 1. The molecule has 1 aliphatic rings. The molecule has 1 unspecified atom stereocenters. The first-order valence-electron chi connectivity index (χ1n) is 5.49. The quantitative estimate of drug-likeness (QED) is 0.905. The first kappa shape index (κ1) is 12.5. The second-order valence-electron chi connectivity index (χ2n) is 4.01. The van der Waals surface area contributed by atoms with E-state index in [1.54, 1.807) is 0 Å². The van der Waals surface area contributed by atoms with Gasteiger partial charge < -0.3 is 14.8 Å². The van der Waals surface area contributed by atoms with Crippen molar-refractivity contribution in [3.05, 3.63) is 22.5 Å². The second kappa shape index (κ2) is 5.10. The van der Waals surface area contributed by atoms with Gasteiger partial charge in [0.15, 0.2) is 11.5 Å². The fraction of sp³-hybridized carbons (Fsp3) is 0.500. The van der Waals surface area contributed by atoms with E-state index in [0.717, 1.165) is 19.5 Å². The number of ether oxygens (including phenoxy) is 2. The maximum Gasteiger partial charge on any atom is 0.165 e. The maximum atomic E-state index is 13.7. The molecule has 0 spiro atoms. The fourth-order valence-corrected chi connectivity index (χ4v) is 2.53. The third-order valence-electron chi connectivity index (χ3n) is 3.06. The molecule has 1 atom stereocenters. The van der Waals surface area contributed by atoms with Crippen LogP contribution in [0.25, 0.3) is 0 Å². The largest absolute Gasteiger partial charge is 0.493 e. The summed E-state index contributed by atoms with van der Waals surface area (Å²) in [7, 11) is 3.03. The monoisotopic (exact) mass is 259 g/mol. The second-order valence-corrected chi connectivity index (χ2v) is 4.39. The zero-order chi connectivity index (χ0) is 12.4. The Labute approximate surface area is 105 Å². The van der Waals surface area contributed by atoms with E-state index in [2.05, 4.69) is 5.32 Å². The Morgan fingerprint density at radius 2 is 2.18 bits per heavy atom. The number of rotatable bonds is 3. The van der Waals surface area contributed by atoms with Crippen molar-refractivity contribution >= 4 is 11.6 Å². The van der Waals surface area contributed by atoms with Crippen LogP contribution in [0.15, 0.2) is 6.07 Å². The van der Waals surface area contributed by atoms with E-state index in [-0.39, 0.29) is 10.9 Å². The van der Waals surface area contributed by atoms with Crippen molar-refractivity contribution in [2.24, 2.45) is 0 Å². The van der Waals surface area contributed by atoms with Gasteiger partial charge in [0.2, 0.25) is 0 Å². The Balaban J connectivity index is 2.56. The summed E-state index contributed by atoms with van der Waals surface area (Å²) in [5, 5.41) is 3.36. The summed E-state index contributed by atoms with van der Waals surface area (Å²) >= 11 is 6.05. The van der Waals surface area contributed by atoms with Crippen molar-refractivity contribution in [2.45, 2.75) is 12.3 Å². The Hall–Kier alpha value is -1.00. The van der Waals surface area contributed by atoms with Crippen LogP contribution in [0.3, 0.4) is 0 Å². The summed E-state index contributed by atoms with van der Waals surface area (Å²) in [5.74, 6) is 0.622. The molecular formula is C12H15ClFNO2. The highest BCUT2D eigenvalue weighted by molar-refractivity contribution is 6.31. The molecule has 94 valence electrons. The molecule has 1 heterocycles. The summed E-state index contributed by atoms with van der Waals surface area (Å²) in [6, 6.07) is 1.26. The smallest absolute Gasteiger partial charge is 0.165 e. The summed E-state index contributed by atoms with van der Waals surface area (Å²) in [6.07, 6.45) is 0.919. The average Bonchev–Trinajstić information content (AvgIpc) is 2.85. The van der Waals surface area contributed by atoms with Gasteiger partial charge in [-0.05, 0) is 13.0 Å². The first-order chi connectivity index (χ1) is 8.19.